The number of alkyl carbamates (subject to hydrolysis) is 1. The lowest BCUT2D eigenvalue weighted by Crippen LogP contribution is -2.43. The molecule has 0 bridgehead atoms. The molecule has 1 aliphatic carbocycles. The van der Waals surface area contributed by atoms with Crippen molar-refractivity contribution in [2.24, 2.45) is 11.8 Å². The SMILES string of the molecule is C/C(=C\CNC(=O)OCC1c2ccccc2-c2ccccc21)C(=O)NC(C)C(C(=O)O)C(C)C. The quantitative estimate of drug-likeness (QED) is 0.479. The van der Waals surface area contributed by atoms with E-state index in [2.05, 4.69) is 34.9 Å². The van der Waals surface area contributed by atoms with Gasteiger partial charge >= 0.3 is 12.1 Å². The molecule has 0 aromatic heterocycles. The minimum absolute atomic E-state index is 0.0224. The predicted molar refractivity (Wildman–Crippen MR) is 130 cm³/mol. The van der Waals surface area contributed by atoms with Gasteiger partial charge in [-0.1, -0.05) is 68.5 Å². The van der Waals surface area contributed by atoms with Crippen LogP contribution in [0.1, 0.15) is 44.7 Å². The highest BCUT2D eigenvalue weighted by Crippen LogP contribution is 2.44. The fourth-order valence-corrected chi connectivity index (χ4v) is 4.52. The van der Waals surface area contributed by atoms with Crippen molar-refractivity contribution in [1.29, 1.82) is 0 Å². The van der Waals surface area contributed by atoms with Gasteiger partial charge in [0.1, 0.15) is 6.61 Å². The molecule has 0 saturated heterocycles. The second kappa shape index (κ2) is 11.0. The smallest absolute Gasteiger partial charge is 0.407 e. The average molecular weight is 465 g/mol. The van der Waals surface area contributed by atoms with Crippen LogP contribution in [0, 0.1) is 11.8 Å². The number of benzene rings is 2. The summed E-state index contributed by atoms with van der Waals surface area (Å²) in [5, 5.41) is 14.7. The van der Waals surface area contributed by atoms with Gasteiger partial charge in [-0.15, -0.1) is 0 Å². The van der Waals surface area contributed by atoms with E-state index in [1.165, 1.54) is 0 Å². The summed E-state index contributed by atoms with van der Waals surface area (Å²) in [5.41, 5.74) is 4.99. The summed E-state index contributed by atoms with van der Waals surface area (Å²) in [7, 11) is 0. The maximum atomic E-state index is 12.4. The minimum Gasteiger partial charge on any atom is -0.481 e. The van der Waals surface area contributed by atoms with Crippen molar-refractivity contribution in [3.8, 4) is 11.1 Å². The summed E-state index contributed by atoms with van der Waals surface area (Å²) in [6.45, 7) is 7.25. The zero-order valence-electron chi connectivity index (χ0n) is 20.0. The third-order valence-electron chi connectivity index (χ3n) is 6.26. The summed E-state index contributed by atoms with van der Waals surface area (Å²) in [6.07, 6.45) is 1.01. The lowest BCUT2D eigenvalue weighted by molar-refractivity contribution is -0.144. The molecule has 0 spiro atoms. The van der Waals surface area contributed by atoms with Crippen LogP contribution in [0.4, 0.5) is 4.79 Å². The van der Waals surface area contributed by atoms with E-state index in [1.54, 1.807) is 19.9 Å². The van der Waals surface area contributed by atoms with Crippen molar-refractivity contribution in [1.82, 2.24) is 10.6 Å². The Kier molecular flexibility index (Phi) is 8.10. The van der Waals surface area contributed by atoms with Crippen molar-refractivity contribution < 1.29 is 24.2 Å². The van der Waals surface area contributed by atoms with Gasteiger partial charge in [-0.05, 0) is 42.0 Å². The fraction of sp³-hybridized carbons (Fsp3) is 0.370. The zero-order valence-corrected chi connectivity index (χ0v) is 20.0. The summed E-state index contributed by atoms with van der Waals surface area (Å²) in [4.78, 5) is 36.1. The summed E-state index contributed by atoms with van der Waals surface area (Å²) >= 11 is 0. The van der Waals surface area contributed by atoms with E-state index in [0.717, 1.165) is 22.3 Å². The molecule has 0 radical (unpaired) electrons. The number of hydrogen-bond acceptors (Lipinski definition) is 4. The van der Waals surface area contributed by atoms with Crippen LogP contribution in [0.3, 0.4) is 0 Å². The third-order valence-corrected chi connectivity index (χ3v) is 6.26. The molecule has 1 aliphatic rings. The number of carbonyl (C=O) groups excluding carboxylic acids is 2. The summed E-state index contributed by atoms with van der Waals surface area (Å²) < 4.78 is 5.49. The molecule has 0 aliphatic heterocycles. The summed E-state index contributed by atoms with van der Waals surface area (Å²) in [6, 6.07) is 15.7. The Hall–Kier alpha value is -3.61. The number of fused-ring (bicyclic) bond motifs is 3. The molecule has 2 atom stereocenters. The van der Waals surface area contributed by atoms with Crippen LogP contribution in [0.2, 0.25) is 0 Å². The molecule has 0 fully saturated rings. The van der Waals surface area contributed by atoms with E-state index in [0.29, 0.717) is 5.57 Å². The molecule has 2 amide bonds. The van der Waals surface area contributed by atoms with Crippen LogP contribution in [-0.4, -0.2) is 42.3 Å². The number of carbonyl (C=O) groups is 3. The molecule has 7 heteroatoms. The first-order valence-electron chi connectivity index (χ1n) is 11.5. The molecule has 2 aromatic carbocycles. The molecule has 0 saturated carbocycles. The van der Waals surface area contributed by atoms with Crippen molar-refractivity contribution in [2.45, 2.75) is 39.7 Å². The molecule has 34 heavy (non-hydrogen) atoms. The molecule has 7 nitrogen and oxygen atoms in total. The standard InChI is InChI=1S/C27H32N2O5/c1-16(2)24(26(31)32)18(4)29-25(30)17(3)13-14-28-27(33)34-15-23-21-11-7-5-9-19(21)20-10-6-8-12-22(20)23/h5-13,16,18,23-24H,14-15H2,1-4H3,(H,28,33)(H,29,30)(H,31,32)/b17-13+. The van der Waals surface area contributed by atoms with E-state index in [-0.39, 0.29) is 30.9 Å². The van der Waals surface area contributed by atoms with E-state index >= 15 is 0 Å². The van der Waals surface area contributed by atoms with Gasteiger partial charge in [0, 0.05) is 24.1 Å². The van der Waals surface area contributed by atoms with Crippen LogP contribution >= 0.6 is 0 Å². The molecule has 0 heterocycles. The van der Waals surface area contributed by atoms with E-state index < -0.39 is 24.0 Å². The monoisotopic (exact) mass is 464 g/mol. The highest BCUT2D eigenvalue weighted by molar-refractivity contribution is 5.93. The molecule has 2 aromatic rings. The molecular formula is C27H32N2O5. The maximum Gasteiger partial charge on any atom is 0.407 e. The number of amides is 2. The van der Waals surface area contributed by atoms with Gasteiger partial charge in [0.05, 0.1) is 5.92 Å². The first-order valence-corrected chi connectivity index (χ1v) is 11.5. The van der Waals surface area contributed by atoms with Gasteiger partial charge in [-0.3, -0.25) is 9.59 Å². The number of carboxylic acid groups (broad SMARTS) is 1. The van der Waals surface area contributed by atoms with E-state index in [1.807, 2.05) is 38.1 Å². The van der Waals surface area contributed by atoms with Gasteiger partial charge in [-0.25, -0.2) is 4.79 Å². The van der Waals surface area contributed by atoms with Gasteiger partial charge in [-0.2, -0.15) is 0 Å². The Bertz CT molecular complexity index is 1050. The van der Waals surface area contributed by atoms with Gasteiger partial charge in [0.15, 0.2) is 0 Å². The Morgan fingerprint density at radius 3 is 2.09 bits per heavy atom. The number of ether oxygens (including phenoxy) is 1. The minimum atomic E-state index is -0.943. The number of aliphatic carboxylic acids is 1. The largest absolute Gasteiger partial charge is 0.481 e. The van der Waals surface area contributed by atoms with Crippen molar-refractivity contribution in [2.75, 3.05) is 13.2 Å². The topological polar surface area (TPSA) is 105 Å². The van der Waals surface area contributed by atoms with Crippen LogP contribution in [-0.2, 0) is 14.3 Å². The first kappa shape index (κ1) is 25.0. The average Bonchev–Trinajstić information content (AvgIpc) is 3.10. The van der Waals surface area contributed by atoms with E-state index in [4.69, 9.17) is 4.74 Å². The number of nitrogens with one attached hydrogen (secondary N) is 2. The lowest BCUT2D eigenvalue weighted by Gasteiger charge is -2.24. The first-order chi connectivity index (χ1) is 16.2. The second-order valence-corrected chi connectivity index (χ2v) is 8.96. The molecular weight excluding hydrogens is 432 g/mol. The Morgan fingerprint density at radius 2 is 1.56 bits per heavy atom. The predicted octanol–water partition coefficient (Wildman–Crippen LogP) is 4.33. The lowest BCUT2D eigenvalue weighted by atomic mass is 9.89. The Balaban J connectivity index is 1.51. The van der Waals surface area contributed by atoms with Crippen molar-refractivity contribution in [3.05, 3.63) is 71.3 Å². The third kappa shape index (κ3) is 5.65. The van der Waals surface area contributed by atoms with Crippen LogP contribution in [0.5, 0.6) is 0 Å². The van der Waals surface area contributed by atoms with Crippen LogP contribution in [0.25, 0.3) is 11.1 Å². The van der Waals surface area contributed by atoms with Crippen molar-refractivity contribution >= 4 is 18.0 Å². The van der Waals surface area contributed by atoms with Crippen molar-refractivity contribution in [3.63, 3.8) is 0 Å². The molecule has 3 rings (SSSR count). The molecule has 3 N–H and O–H groups in total. The molecule has 2 unspecified atom stereocenters. The molecule has 180 valence electrons. The maximum absolute atomic E-state index is 12.4. The van der Waals surface area contributed by atoms with Crippen LogP contribution < -0.4 is 10.6 Å². The Morgan fingerprint density at radius 1 is 1.00 bits per heavy atom. The highest BCUT2D eigenvalue weighted by atomic mass is 16.5. The summed E-state index contributed by atoms with van der Waals surface area (Å²) in [5.74, 6) is -2.14. The van der Waals surface area contributed by atoms with Gasteiger partial charge in [0.2, 0.25) is 5.91 Å². The fourth-order valence-electron chi connectivity index (χ4n) is 4.52. The Labute approximate surface area is 200 Å². The van der Waals surface area contributed by atoms with Gasteiger partial charge in [0.25, 0.3) is 0 Å². The number of hydrogen-bond donors (Lipinski definition) is 3. The highest BCUT2D eigenvalue weighted by Gasteiger charge is 2.30. The van der Waals surface area contributed by atoms with Crippen LogP contribution in [0.15, 0.2) is 60.2 Å². The van der Waals surface area contributed by atoms with Gasteiger partial charge < -0.3 is 20.5 Å². The normalized spacial score (nSPS) is 14.7. The number of carboxylic acids is 1. The second-order valence-electron chi connectivity index (χ2n) is 8.96. The van der Waals surface area contributed by atoms with E-state index in [9.17, 15) is 19.5 Å². The number of rotatable bonds is 9. The zero-order chi connectivity index (χ0) is 24.8.